The van der Waals surface area contributed by atoms with Crippen LogP contribution in [0.4, 0.5) is 5.69 Å². The van der Waals surface area contributed by atoms with Crippen LogP contribution in [-0.4, -0.2) is 6.21 Å². The Balaban J connectivity index is 2.25. The highest BCUT2D eigenvalue weighted by Crippen LogP contribution is 2.24. The van der Waals surface area contributed by atoms with Crippen molar-refractivity contribution in [2.45, 2.75) is 0 Å². The molecule has 0 aromatic heterocycles. The lowest BCUT2D eigenvalue weighted by atomic mass is 10.2. The molecule has 86 valence electrons. The Bertz CT molecular complexity index is 547. The van der Waals surface area contributed by atoms with E-state index >= 15 is 0 Å². The summed E-state index contributed by atoms with van der Waals surface area (Å²) < 4.78 is 1.02. The van der Waals surface area contributed by atoms with Gasteiger partial charge in [-0.3, -0.25) is 4.99 Å². The van der Waals surface area contributed by atoms with E-state index in [2.05, 4.69) is 20.9 Å². The first kappa shape index (κ1) is 12.6. The standard InChI is InChI=1S/C13H8BrCl2N/c14-10-3-1-2-9(4-10)8-17-13-6-11(15)5-12(16)7-13/h1-8H. The highest BCUT2D eigenvalue weighted by molar-refractivity contribution is 9.10. The molecule has 17 heavy (non-hydrogen) atoms. The molecule has 0 saturated carbocycles. The smallest absolute Gasteiger partial charge is 0.0659 e. The molecule has 0 aliphatic heterocycles. The Kier molecular flexibility index (Phi) is 4.21. The van der Waals surface area contributed by atoms with E-state index in [0.29, 0.717) is 10.0 Å². The van der Waals surface area contributed by atoms with E-state index in [4.69, 9.17) is 23.2 Å². The van der Waals surface area contributed by atoms with E-state index in [0.717, 1.165) is 15.7 Å². The monoisotopic (exact) mass is 327 g/mol. The fraction of sp³-hybridized carbons (Fsp3) is 0. The zero-order valence-electron chi connectivity index (χ0n) is 8.70. The van der Waals surface area contributed by atoms with Gasteiger partial charge < -0.3 is 0 Å². The summed E-state index contributed by atoms with van der Waals surface area (Å²) in [5.74, 6) is 0. The molecule has 0 atom stereocenters. The predicted octanol–water partition coefficient (Wildman–Crippen LogP) is 5.51. The quantitative estimate of drug-likeness (QED) is 0.645. The lowest BCUT2D eigenvalue weighted by Gasteiger charge is -1.97. The van der Waals surface area contributed by atoms with Crippen molar-refractivity contribution in [3.05, 3.63) is 62.5 Å². The Morgan fingerprint density at radius 2 is 1.71 bits per heavy atom. The first-order valence-corrected chi connectivity index (χ1v) is 6.44. The molecule has 1 nitrogen and oxygen atoms in total. The van der Waals surface area contributed by atoms with Gasteiger partial charge in [-0.2, -0.15) is 0 Å². The van der Waals surface area contributed by atoms with E-state index in [1.807, 2.05) is 24.3 Å². The second kappa shape index (κ2) is 5.67. The third-order valence-corrected chi connectivity index (χ3v) is 2.99. The van der Waals surface area contributed by atoms with Gasteiger partial charge >= 0.3 is 0 Å². The van der Waals surface area contributed by atoms with Crippen LogP contribution in [0.1, 0.15) is 5.56 Å². The summed E-state index contributed by atoms with van der Waals surface area (Å²) in [6, 6.07) is 13.1. The van der Waals surface area contributed by atoms with Crippen molar-refractivity contribution >= 4 is 51.0 Å². The molecular formula is C13H8BrCl2N. The van der Waals surface area contributed by atoms with Crippen molar-refractivity contribution in [2.75, 3.05) is 0 Å². The summed E-state index contributed by atoms with van der Waals surface area (Å²) in [7, 11) is 0. The molecule has 0 aliphatic carbocycles. The predicted molar refractivity (Wildman–Crippen MR) is 77.9 cm³/mol. The van der Waals surface area contributed by atoms with Crippen molar-refractivity contribution in [2.24, 2.45) is 4.99 Å². The Labute approximate surface area is 118 Å². The Morgan fingerprint density at radius 1 is 1.00 bits per heavy atom. The first-order valence-electron chi connectivity index (χ1n) is 4.89. The van der Waals surface area contributed by atoms with E-state index in [9.17, 15) is 0 Å². The number of aliphatic imine (C=N–C) groups is 1. The Hall–Kier alpha value is -0.830. The number of hydrogen-bond donors (Lipinski definition) is 0. The minimum Gasteiger partial charge on any atom is -0.256 e. The van der Waals surface area contributed by atoms with Gasteiger partial charge in [-0.1, -0.05) is 51.3 Å². The molecule has 0 radical (unpaired) electrons. The molecule has 0 bridgehead atoms. The van der Waals surface area contributed by atoms with E-state index < -0.39 is 0 Å². The van der Waals surface area contributed by atoms with Crippen LogP contribution in [0.5, 0.6) is 0 Å². The van der Waals surface area contributed by atoms with Gasteiger partial charge in [0.25, 0.3) is 0 Å². The number of benzene rings is 2. The second-order valence-electron chi connectivity index (χ2n) is 3.44. The highest BCUT2D eigenvalue weighted by atomic mass is 79.9. The molecule has 0 saturated heterocycles. The summed E-state index contributed by atoms with van der Waals surface area (Å²) in [6.07, 6.45) is 1.77. The molecule has 2 aromatic rings. The van der Waals surface area contributed by atoms with Crippen LogP contribution in [0.15, 0.2) is 51.9 Å². The van der Waals surface area contributed by atoms with Gasteiger partial charge in [0.2, 0.25) is 0 Å². The summed E-state index contributed by atoms with van der Waals surface area (Å²) >= 11 is 15.2. The van der Waals surface area contributed by atoms with Gasteiger partial charge in [-0.05, 0) is 35.9 Å². The lowest BCUT2D eigenvalue weighted by Crippen LogP contribution is -1.79. The molecule has 4 heteroatoms. The summed E-state index contributed by atoms with van der Waals surface area (Å²) in [6.45, 7) is 0. The van der Waals surface area contributed by atoms with Gasteiger partial charge in [0.15, 0.2) is 0 Å². The first-order chi connectivity index (χ1) is 8.13. The SMILES string of the molecule is Clc1cc(Cl)cc(N=Cc2cccc(Br)c2)c1. The fourth-order valence-electron chi connectivity index (χ4n) is 1.35. The van der Waals surface area contributed by atoms with Crippen molar-refractivity contribution < 1.29 is 0 Å². The average molecular weight is 329 g/mol. The third-order valence-electron chi connectivity index (χ3n) is 2.06. The zero-order valence-corrected chi connectivity index (χ0v) is 11.8. The van der Waals surface area contributed by atoms with Crippen molar-refractivity contribution in [1.29, 1.82) is 0 Å². The largest absolute Gasteiger partial charge is 0.256 e. The minimum atomic E-state index is 0.582. The van der Waals surface area contributed by atoms with Crippen LogP contribution in [0.3, 0.4) is 0 Å². The number of nitrogens with zero attached hydrogens (tertiary/aromatic N) is 1. The highest BCUT2D eigenvalue weighted by Gasteiger charge is 1.96. The van der Waals surface area contributed by atoms with Crippen LogP contribution in [0, 0.1) is 0 Å². The lowest BCUT2D eigenvalue weighted by molar-refractivity contribution is 1.52. The third kappa shape index (κ3) is 3.84. The molecule has 2 aromatic carbocycles. The van der Waals surface area contributed by atoms with Gasteiger partial charge in [0, 0.05) is 20.7 Å². The zero-order chi connectivity index (χ0) is 12.3. The second-order valence-corrected chi connectivity index (χ2v) is 5.23. The van der Waals surface area contributed by atoms with Crippen LogP contribution in [0.2, 0.25) is 10.0 Å². The molecule has 0 spiro atoms. The topological polar surface area (TPSA) is 12.4 Å². The van der Waals surface area contributed by atoms with E-state index in [-0.39, 0.29) is 0 Å². The molecule has 2 rings (SSSR count). The minimum absolute atomic E-state index is 0.582. The average Bonchev–Trinajstić information content (AvgIpc) is 2.25. The molecule has 0 fully saturated rings. The van der Waals surface area contributed by atoms with E-state index in [1.54, 1.807) is 24.4 Å². The molecular weight excluding hydrogens is 321 g/mol. The van der Waals surface area contributed by atoms with Crippen LogP contribution in [-0.2, 0) is 0 Å². The van der Waals surface area contributed by atoms with Crippen molar-refractivity contribution in [1.82, 2.24) is 0 Å². The van der Waals surface area contributed by atoms with Crippen LogP contribution >= 0.6 is 39.1 Å². The molecule has 0 N–H and O–H groups in total. The molecule has 0 aliphatic rings. The number of halogens is 3. The van der Waals surface area contributed by atoms with Gasteiger partial charge in [-0.25, -0.2) is 0 Å². The normalized spacial score (nSPS) is 11.0. The van der Waals surface area contributed by atoms with E-state index in [1.165, 1.54) is 0 Å². The maximum Gasteiger partial charge on any atom is 0.0659 e. The van der Waals surface area contributed by atoms with Crippen LogP contribution < -0.4 is 0 Å². The molecule has 0 unspecified atom stereocenters. The number of hydrogen-bond acceptors (Lipinski definition) is 1. The summed E-state index contributed by atoms with van der Waals surface area (Å²) in [5, 5.41) is 1.16. The maximum absolute atomic E-state index is 5.89. The van der Waals surface area contributed by atoms with Gasteiger partial charge in [0.05, 0.1) is 5.69 Å². The summed E-state index contributed by atoms with van der Waals surface area (Å²) in [5.41, 5.74) is 1.75. The molecule has 0 heterocycles. The fourth-order valence-corrected chi connectivity index (χ4v) is 2.28. The number of rotatable bonds is 2. The van der Waals surface area contributed by atoms with Crippen molar-refractivity contribution in [3.63, 3.8) is 0 Å². The van der Waals surface area contributed by atoms with Gasteiger partial charge in [0.1, 0.15) is 0 Å². The van der Waals surface area contributed by atoms with Crippen LogP contribution in [0.25, 0.3) is 0 Å². The van der Waals surface area contributed by atoms with Gasteiger partial charge in [-0.15, -0.1) is 0 Å². The van der Waals surface area contributed by atoms with Crippen molar-refractivity contribution in [3.8, 4) is 0 Å². The Morgan fingerprint density at radius 3 is 2.35 bits per heavy atom. The summed E-state index contributed by atoms with van der Waals surface area (Å²) in [4.78, 5) is 4.32. The molecule has 0 amide bonds. The maximum atomic E-state index is 5.89.